The van der Waals surface area contributed by atoms with Crippen LogP contribution in [0.1, 0.15) is 11.3 Å². The van der Waals surface area contributed by atoms with Crippen LogP contribution in [0.25, 0.3) is 0 Å². The Bertz CT molecular complexity index is 977. The fourth-order valence-corrected chi connectivity index (χ4v) is 2.99. The molecule has 0 bridgehead atoms. The summed E-state index contributed by atoms with van der Waals surface area (Å²) >= 11 is 5.74. The summed E-state index contributed by atoms with van der Waals surface area (Å²) in [6, 6.07) is 4.05. The van der Waals surface area contributed by atoms with E-state index in [0.29, 0.717) is 5.56 Å². The molecular weight excluding hydrogens is 415 g/mol. The highest BCUT2D eigenvalue weighted by atomic mass is 35.5. The molecule has 2 rings (SSSR count). The topological polar surface area (TPSA) is 127 Å². The first-order valence-corrected chi connectivity index (χ1v) is 10.5. The number of oxime groups is 1. The number of ether oxygens (including phenoxy) is 1. The fraction of sp³-hybridized carbons (Fsp3) is 0.312. The highest BCUT2D eigenvalue weighted by molar-refractivity contribution is 8.00. The average Bonchev–Trinajstić information content (AvgIpc) is 3.06. The van der Waals surface area contributed by atoms with Crippen LogP contribution in [0.3, 0.4) is 0 Å². The van der Waals surface area contributed by atoms with Gasteiger partial charge < -0.3 is 15.3 Å². The van der Waals surface area contributed by atoms with Crippen LogP contribution in [0.5, 0.6) is 5.88 Å². The van der Waals surface area contributed by atoms with Gasteiger partial charge in [0.25, 0.3) is 5.88 Å². The van der Waals surface area contributed by atoms with Crippen LogP contribution in [0.15, 0.2) is 28.0 Å². The van der Waals surface area contributed by atoms with Crippen molar-refractivity contribution in [2.24, 2.45) is 5.16 Å². The quantitative estimate of drug-likeness (QED) is 0.200. The minimum atomic E-state index is -2.43. The van der Waals surface area contributed by atoms with Gasteiger partial charge in [-0.2, -0.15) is 0 Å². The smallest absolute Gasteiger partial charge is 0.285 e. The molecular formula is C16H18ClFN4O5S. The summed E-state index contributed by atoms with van der Waals surface area (Å²) in [5.41, 5.74) is 0.672. The number of halogens is 2. The standard InChI is InChI=1S/C16H18ClFN4O5S/c1-28(2,25)9-14(23)19-5-6-26-16-15(21-27-22-16)13(20-24)8-10-3-4-12(18)11(17)7-10/h3-4,7,24H,1,5-6,8-9H2,2H3,(H,19,23). The lowest BCUT2D eigenvalue weighted by molar-refractivity contribution is -0.118. The van der Waals surface area contributed by atoms with E-state index >= 15 is 0 Å². The second-order valence-electron chi connectivity index (χ2n) is 5.92. The lowest BCUT2D eigenvalue weighted by atomic mass is 10.1. The number of carbonyl (C=O) groups excluding carboxylic acids is 1. The molecule has 28 heavy (non-hydrogen) atoms. The van der Waals surface area contributed by atoms with Gasteiger partial charge in [0.2, 0.25) is 5.91 Å². The van der Waals surface area contributed by atoms with Gasteiger partial charge in [0.1, 0.15) is 18.1 Å². The molecule has 0 aliphatic rings. The average molecular weight is 433 g/mol. The molecule has 1 amide bonds. The van der Waals surface area contributed by atoms with Crippen molar-refractivity contribution < 1.29 is 28.0 Å². The van der Waals surface area contributed by atoms with Gasteiger partial charge >= 0.3 is 0 Å². The Morgan fingerprint density at radius 2 is 2.25 bits per heavy atom. The van der Waals surface area contributed by atoms with E-state index in [1.54, 1.807) is 0 Å². The SMILES string of the molecule is C=S(C)(=O)CC(=O)NCCOc1nonc1C(Cc1ccc(F)c(Cl)c1)=NO. The third-order valence-corrected chi connectivity index (χ3v) is 4.47. The molecule has 9 nitrogen and oxygen atoms in total. The second kappa shape index (κ2) is 9.51. The van der Waals surface area contributed by atoms with Crippen molar-refractivity contribution in [3.8, 4) is 5.88 Å². The van der Waals surface area contributed by atoms with Crippen LogP contribution < -0.4 is 10.1 Å². The van der Waals surface area contributed by atoms with Gasteiger partial charge in [0, 0.05) is 12.7 Å². The highest BCUT2D eigenvalue weighted by Crippen LogP contribution is 2.20. The van der Waals surface area contributed by atoms with Crippen LogP contribution in [0.2, 0.25) is 5.02 Å². The lowest BCUT2D eigenvalue weighted by Gasteiger charge is -2.07. The number of nitrogens with one attached hydrogen (secondary N) is 1. The van der Waals surface area contributed by atoms with Crippen molar-refractivity contribution in [3.05, 3.63) is 40.3 Å². The molecule has 12 heteroatoms. The predicted molar refractivity (Wildman–Crippen MR) is 102 cm³/mol. The van der Waals surface area contributed by atoms with E-state index in [1.165, 1.54) is 24.5 Å². The summed E-state index contributed by atoms with van der Waals surface area (Å²) < 4.78 is 34.7. The first-order valence-electron chi connectivity index (χ1n) is 7.87. The molecule has 0 saturated heterocycles. The van der Waals surface area contributed by atoms with E-state index < -0.39 is 21.2 Å². The van der Waals surface area contributed by atoms with Crippen LogP contribution in [-0.2, 0) is 20.7 Å². The number of amides is 1. The van der Waals surface area contributed by atoms with Gasteiger partial charge in [-0.05, 0) is 43.4 Å². The summed E-state index contributed by atoms with van der Waals surface area (Å²) in [7, 11) is -2.43. The number of carbonyl (C=O) groups is 1. The third-order valence-electron chi connectivity index (χ3n) is 3.31. The zero-order chi connectivity index (χ0) is 20.7. The molecule has 1 atom stereocenters. The molecule has 0 spiro atoms. The molecule has 2 N–H and O–H groups in total. The maximum Gasteiger partial charge on any atom is 0.285 e. The maximum atomic E-state index is 13.3. The van der Waals surface area contributed by atoms with Gasteiger partial charge in [-0.15, -0.1) is 0 Å². The zero-order valence-electron chi connectivity index (χ0n) is 14.9. The molecule has 2 aromatic rings. The van der Waals surface area contributed by atoms with Crippen LogP contribution >= 0.6 is 11.6 Å². The third kappa shape index (κ3) is 6.50. The Hall–Kier alpha value is -2.66. The highest BCUT2D eigenvalue weighted by Gasteiger charge is 2.19. The summed E-state index contributed by atoms with van der Waals surface area (Å²) in [4.78, 5) is 11.6. The Morgan fingerprint density at radius 1 is 1.50 bits per heavy atom. The molecule has 152 valence electrons. The molecule has 1 aromatic heterocycles. The van der Waals surface area contributed by atoms with Gasteiger partial charge in [-0.25, -0.2) is 9.02 Å². The Balaban J connectivity index is 1.95. The second-order valence-corrected chi connectivity index (χ2v) is 8.98. The normalized spacial score (nSPS) is 13.8. The van der Waals surface area contributed by atoms with Crippen molar-refractivity contribution in [3.63, 3.8) is 0 Å². The van der Waals surface area contributed by atoms with Crippen LogP contribution in [0.4, 0.5) is 4.39 Å². The number of hydrogen-bond acceptors (Lipinski definition) is 8. The Labute approximate surface area is 165 Å². The monoisotopic (exact) mass is 432 g/mol. The summed E-state index contributed by atoms with van der Waals surface area (Å²) in [6.45, 7) is 0.121. The predicted octanol–water partition coefficient (Wildman–Crippen LogP) is 1.12. The largest absolute Gasteiger partial charge is 0.472 e. The van der Waals surface area contributed by atoms with E-state index in [1.807, 2.05) is 0 Å². The minimum absolute atomic E-state index is 0.0100. The van der Waals surface area contributed by atoms with Gasteiger partial charge in [0.15, 0.2) is 5.69 Å². The number of nitrogens with zero attached hydrogens (tertiary/aromatic N) is 3. The van der Waals surface area contributed by atoms with Crippen molar-refractivity contribution in [2.45, 2.75) is 6.42 Å². The van der Waals surface area contributed by atoms with Crippen molar-refractivity contribution in [1.29, 1.82) is 0 Å². The number of rotatable bonds is 9. The number of hydrogen-bond donors (Lipinski definition) is 2. The molecule has 1 heterocycles. The molecule has 0 fully saturated rings. The molecule has 0 radical (unpaired) electrons. The number of aromatic nitrogens is 2. The van der Waals surface area contributed by atoms with Gasteiger partial charge in [-0.3, -0.25) is 9.00 Å². The van der Waals surface area contributed by atoms with E-state index in [4.69, 9.17) is 16.3 Å². The molecule has 1 aromatic carbocycles. The van der Waals surface area contributed by atoms with Crippen molar-refractivity contribution >= 4 is 38.6 Å². The molecule has 0 aliphatic heterocycles. The van der Waals surface area contributed by atoms with Gasteiger partial charge in [0.05, 0.1) is 17.3 Å². The van der Waals surface area contributed by atoms with Gasteiger partial charge in [-0.1, -0.05) is 22.8 Å². The van der Waals surface area contributed by atoms with Crippen LogP contribution in [-0.4, -0.2) is 62.4 Å². The Kier molecular flexibility index (Phi) is 7.35. The first kappa shape index (κ1) is 21.6. The summed E-state index contributed by atoms with van der Waals surface area (Å²) in [6.07, 6.45) is 1.45. The van der Waals surface area contributed by atoms with Crippen molar-refractivity contribution in [2.75, 3.05) is 25.2 Å². The minimum Gasteiger partial charge on any atom is -0.472 e. The van der Waals surface area contributed by atoms with E-state index in [0.717, 1.165) is 0 Å². The summed E-state index contributed by atoms with van der Waals surface area (Å²) in [5.74, 6) is 2.17. The molecule has 0 saturated carbocycles. The molecule has 0 aliphatic carbocycles. The van der Waals surface area contributed by atoms with E-state index in [-0.39, 0.29) is 47.6 Å². The zero-order valence-corrected chi connectivity index (χ0v) is 16.4. The molecule has 1 unspecified atom stereocenters. The fourth-order valence-electron chi connectivity index (χ4n) is 2.13. The van der Waals surface area contributed by atoms with Crippen molar-refractivity contribution in [1.82, 2.24) is 15.6 Å². The Morgan fingerprint density at radius 3 is 2.89 bits per heavy atom. The van der Waals surface area contributed by atoms with E-state index in [2.05, 4.69) is 31.3 Å². The van der Waals surface area contributed by atoms with Crippen LogP contribution in [0, 0.1) is 5.82 Å². The summed E-state index contributed by atoms with van der Waals surface area (Å²) in [5, 5.41) is 22.1. The maximum absolute atomic E-state index is 13.3. The van der Waals surface area contributed by atoms with E-state index in [9.17, 15) is 18.6 Å². The first-order chi connectivity index (χ1) is 13.2. The number of benzene rings is 1. The lowest BCUT2D eigenvalue weighted by Crippen LogP contribution is -2.33.